The number of amides is 1. The summed E-state index contributed by atoms with van der Waals surface area (Å²) in [6, 6.07) is 7.95. The van der Waals surface area contributed by atoms with Crippen molar-refractivity contribution in [2.75, 3.05) is 5.32 Å². The quantitative estimate of drug-likeness (QED) is 0.757. The molecule has 0 unspecified atom stereocenters. The van der Waals surface area contributed by atoms with Crippen LogP contribution in [0.3, 0.4) is 0 Å². The summed E-state index contributed by atoms with van der Waals surface area (Å²) in [7, 11) is 0. The third kappa shape index (κ3) is 4.34. The van der Waals surface area contributed by atoms with E-state index in [2.05, 4.69) is 5.32 Å². The second-order valence-electron chi connectivity index (χ2n) is 4.94. The van der Waals surface area contributed by atoms with Gasteiger partial charge in [0.15, 0.2) is 0 Å². The zero-order valence-corrected chi connectivity index (χ0v) is 14.0. The van der Waals surface area contributed by atoms with E-state index in [1.54, 1.807) is 25.1 Å². The average molecular weight is 368 g/mol. The molecule has 2 aromatic carbocycles. The molecule has 0 radical (unpaired) electrons. The van der Waals surface area contributed by atoms with E-state index in [1.165, 1.54) is 12.1 Å². The normalized spacial score (nSPS) is 11.2. The van der Waals surface area contributed by atoms with Crippen LogP contribution in [0.25, 0.3) is 5.57 Å². The summed E-state index contributed by atoms with van der Waals surface area (Å²) in [6.45, 7) is 1.68. The van der Waals surface area contributed by atoms with Crippen LogP contribution < -0.4 is 5.32 Å². The van der Waals surface area contributed by atoms with Crippen molar-refractivity contribution in [2.24, 2.45) is 0 Å². The fourth-order valence-electron chi connectivity index (χ4n) is 2.05. The van der Waals surface area contributed by atoms with Crippen molar-refractivity contribution in [2.45, 2.75) is 6.92 Å². The van der Waals surface area contributed by atoms with Crippen molar-refractivity contribution in [3.8, 4) is 0 Å². The lowest BCUT2D eigenvalue weighted by atomic mass is 10.1. The van der Waals surface area contributed by atoms with Crippen molar-refractivity contribution in [1.29, 1.82) is 0 Å². The van der Waals surface area contributed by atoms with Crippen molar-refractivity contribution in [3.63, 3.8) is 0 Å². The van der Waals surface area contributed by atoms with Gasteiger partial charge in [0, 0.05) is 16.1 Å². The Kier molecular flexibility index (Phi) is 5.59. The lowest BCUT2D eigenvalue weighted by molar-refractivity contribution is -0.111. The lowest BCUT2D eigenvalue weighted by Crippen LogP contribution is -2.12. The SMILES string of the molecule is CC(=CC(=O)Nc1ccc(F)cc1C(=O)O)c1ccc(Cl)cc1Cl. The van der Waals surface area contributed by atoms with E-state index in [1.807, 2.05) is 0 Å². The van der Waals surface area contributed by atoms with Gasteiger partial charge in [0.05, 0.1) is 11.3 Å². The molecular formula is C17H12Cl2FNO3. The molecule has 1 amide bonds. The van der Waals surface area contributed by atoms with Crippen LogP contribution in [0, 0.1) is 5.82 Å². The first-order chi connectivity index (χ1) is 11.3. The van der Waals surface area contributed by atoms with Crippen LogP contribution in [0.1, 0.15) is 22.8 Å². The second kappa shape index (κ2) is 7.47. The number of aromatic carboxylic acids is 1. The molecule has 0 fully saturated rings. The van der Waals surface area contributed by atoms with E-state index in [-0.39, 0.29) is 11.3 Å². The molecule has 24 heavy (non-hydrogen) atoms. The Labute approximate surface area is 147 Å². The number of carbonyl (C=O) groups excluding carboxylic acids is 1. The molecule has 7 heteroatoms. The highest BCUT2D eigenvalue weighted by Gasteiger charge is 2.13. The Hall–Kier alpha value is -2.37. The van der Waals surface area contributed by atoms with Gasteiger partial charge in [-0.15, -0.1) is 0 Å². The lowest BCUT2D eigenvalue weighted by Gasteiger charge is -2.08. The minimum Gasteiger partial charge on any atom is -0.478 e. The third-order valence-corrected chi connectivity index (χ3v) is 3.72. The molecule has 0 spiro atoms. The first kappa shape index (κ1) is 18.0. The Bertz CT molecular complexity index is 850. The second-order valence-corrected chi connectivity index (χ2v) is 5.78. The summed E-state index contributed by atoms with van der Waals surface area (Å²) < 4.78 is 13.1. The van der Waals surface area contributed by atoms with Crippen molar-refractivity contribution in [1.82, 2.24) is 0 Å². The maximum Gasteiger partial charge on any atom is 0.337 e. The number of nitrogens with one attached hydrogen (secondary N) is 1. The Morgan fingerprint density at radius 3 is 2.46 bits per heavy atom. The monoisotopic (exact) mass is 367 g/mol. The third-order valence-electron chi connectivity index (χ3n) is 3.17. The number of carboxylic acid groups (broad SMARTS) is 1. The number of hydrogen-bond donors (Lipinski definition) is 2. The fourth-order valence-corrected chi connectivity index (χ4v) is 2.61. The zero-order valence-electron chi connectivity index (χ0n) is 12.4. The summed E-state index contributed by atoms with van der Waals surface area (Å²) >= 11 is 11.9. The van der Waals surface area contributed by atoms with Gasteiger partial charge in [0.25, 0.3) is 0 Å². The fraction of sp³-hybridized carbons (Fsp3) is 0.0588. The molecule has 0 aliphatic rings. The van der Waals surface area contributed by atoms with Gasteiger partial charge in [-0.2, -0.15) is 0 Å². The van der Waals surface area contributed by atoms with Gasteiger partial charge < -0.3 is 10.4 Å². The molecule has 2 rings (SSSR count). The summed E-state index contributed by atoms with van der Waals surface area (Å²) in [5.41, 5.74) is 0.848. The largest absolute Gasteiger partial charge is 0.478 e. The number of allylic oxidation sites excluding steroid dienone is 1. The highest BCUT2D eigenvalue weighted by Crippen LogP contribution is 2.27. The van der Waals surface area contributed by atoms with Crippen molar-refractivity contribution in [3.05, 3.63) is 69.5 Å². The van der Waals surface area contributed by atoms with Gasteiger partial charge in [-0.1, -0.05) is 29.3 Å². The number of carbonyl (C=O) groups is 2. The van der Waals surface area contributed by atoms with E-state index in [4.69, 9.17) is 28.3 Å². The number of halogens is 3. The predicted molar refractivity (Wildman–Crippen MR) is 92.1 cm³/mol. The maximum atomic E-state index is 13.1. The van der Waals surface area contributed by atoms with Gasteiger partial charge in [-0.3, -0.25) is 4.79 Å². The highest BCUT2D eigenvalue weighted by atomic mass is 35.5. The summed E-state index contributed by atoms with van der Waals surface area (Å²) in [5.74, 6) is -2.61. The van der Waals surface area contributed by atoms with Crippen LogP contribution in [0.5, 0.6) is 0 Å². The molecule has 2 N–H and O–H groups in total. The van der Waals surface area contributed by atoms with E-state index < -0.39 is 17.7 Å². The molecule has 0 saturated heterocycles. The smallest absolute Gasteiger partial charge is 0.337 e. The molecule has 0 aliphatic carbocycles. The first-order valence-electron chi connectivity index (χ1n) is 6.75. The molecule has 0 saturated carbocycles. The Balaban J connectivity index is 2.26. The van der Waals surface area contributed by atoms with Crippen LogP contribution in [0.4, 0.5) is 10.1 Å². The molecule has 0 atom stereocenters. The minimum absolute atomic E-state index is 0.000142. The highest BCUT2D eigenvalue weighted by molar-refractivity contribution is 6.35. The maximum absolute atomic E-state index is 13.1. The number of anilines is 1. The van der Waals surface area contributed by atoms with Crippen molar-refractivity contribution >= 4 is 46.3 Å². The van der Waals surface area contributed by atoms with Crippen LogP contribution >= 0.6 is 23.2 Å². The Morgan fingerprint density at radius 1 is 1.12 bits per heavy atom. The number of benzene rings is 2. The Morgan fingerprint density at radius 2 is 1.83 bits per heavy atom. The average Bonchev–Trinajstić information content (AvgIpc) is 2.48. The molecule has 124 valence electrons. The van der Waals surface area contributed by atoms with E-state index in [0.717, 1.165) is 12.1 Å². The van der Waals surface area contributed by atoms with Crippen LogP contribution in [0.15, 0.2) is 42.5 Å². The van der Waals surface area contributed by atoms with E-state index in [0.29, 0.717) is 21.2 Å². The number of carboxylic acids is 1. The van der Waals surface area contributed by atoms with Gasteiger partial charge in [-0.05, 0) is 48.4 Å². The number of hydrogen-bond acceptors (Lipinski definition) is 2. The van der Waals surface area contributed by atoms with Gasteiger partial charge in [-0.25, -0.2) is 9.18 Å². The standard InChI is InChI=1S/C17H12Cl2FNO3/c1-9(12-4-2-10(18)7-14(12)19)6-16(22)21-15-5-3-11(20)8-13(15)17(23)24/h2-8H,1H3,(H,21,22)(H,23,24). The molecule has 0 aliphatic heterocycles. The molecule has 2 aromatic rings. The first-order valence-corrected chi connectivity index (χ1v) is 7.51. The van der Waals surface area contributed by atoms with Crippen LogP contribution in [-0.2, 0) is 4.79 Å². The summed E-state index contributed by atoms with van der Waals surface area (Å²) in [4.78, 5) is 23.2. The summed E-state index contributed by atoms with van der Waals surface area (Å²) in [6.07, 6.45) is 1.27. The molecule has 0 aromatic heterocycles. The van der Waals surface area contributed by atoms with Crippen LogP contribution in [0.2, 0.25) is 10.0 Å². The number of rotatable bonds is 4. The van der Waals surface area contributed by atoms with E-state index in [9.17, 15) is 14.0 Å². The predicted octanol–water partition coefficient (Wildman–Crippen LogP) is 4.87. The van der Waals surface area contributed by atoms with Crippen LogP contribution in [-0.4, -0.2) is 17.0 Å². The minimum atomic E-state index is -1.34. The molecule has 4 nitrogen and oxygen atoms in total. The van der Waals surface area contributed by atoms with Gasteiger partial charge >= 0.3 is 5.97 Å². The van der Waals surface area contributed by atoms with E-state index >= 15 is 0 Å². The molecule has 0 heterocycles. The van der Waals surface area contributed by atoms with Gasteiger partial charge in [0.2, 0.25) is 5.91 Å². The van der Waals surface area contributed by atoms with Gasteiger partial charge in [0.1, 0.15) is 5.82 Å². The molecule has 0 bridgehead atoms. The topological polar surface area (TPSA) is 66.4 Å². The zero-order chi connectivity index (χ0) is 17.9. The molecular weight excluding hydrogens is 356 g/mol. The summed E-state index contributed by atoms with van der Waals surface area (Å²) in [5, 5.41) is 12.3. The van der Waals surface area contributed by atoms with Crippen molar-refractivity contribution < 1.29 is 19.1 Å².